The van der Waals surface area contributed by atoms with Crippen molar-refractivity contribution in [3.63, 3.8) is 0 Å². The maximum atomic E-state index is 11.4. The summed E-state index contributed by atoms with van der Waals surface area (Å²) in [5.41, 5.74) is 0. The second-order valence-corrected chi connectivity index (χ2v) is 3.97. The van der Waals surface area contributed by atoms with Gasteiger partial charge < -0.3 is 15.7 Å². The quantitative estimate of drug-likeness (QED) is 0.573. The first-order valence-electron chi connectivity index (χ1n) is 5.44. The van der Waals surface area contributed by atoms with Gasteiger partial charge in [-0.25, -0.2) is 0 Å². The van der Waals surface area contributed by atoms with E-state index < -0.39 is 11.9 Å². The SMILES string of the molecule is CC(=O)NCCC(=O)NC1C=CC(C(=O)O)C1. The van der Waals surface area contributed by atoms with Crippen LogP contribution in [0.1, 0.15) is 19.8 Å². The van der Waals surface area contributed by atoms with Gasteiger partial charge in [0.2, 0.25) is 11.8 Å². The summed E-state index contributed by atoms with van der Waals surface area (Å²) in [5, 5.41) is 14.0. The molecule has 0 radical (unpaired) electrons. The Kier molecular flexibility index (Phi) is 4.68. The molecule has 0 saturated carbocycles. The lowest BCUT2D eigenvalue weighted by Gasteiger charge is -2.12. The number of aliphatic carboxylic acids is 1. The fourth-order valence-corrected chi connectivity index (χ4v) is 1.62. The summed E-state index contributed by atoms with van der Waals surface area (Å²) >= 11 is 0. The topological polar surface area (TPSA) is 95.5 Å². The minimum absolute atomic E-state index is 0.176. The molecule has 0 saturated heterocycles. The van der Waals surface area contributed by atoms with Gasteiger partial charge in [-0.3, -0.25) is 14.4 Å². The van der Waals surface area contributed by atoms with Crippen molar-refractivity contribution in [1.82, 2.24) is 10.6 Å². The summed E-state index contributed by atoms with van der Waals surface area (Å²) in [6.07, 6.45) is 3.86. The smallest absolute Gasteiger partial charge is 0.310 e. The monoisotopic (exact) mass is 240 g/mol. The molecule has 3 N–H and O–H groups in total. The van der Waals surface area contributed by atoms with Gasteiger partial charge in [0, 0.05) is 25.9 Å². The molecule has 1 aliphatic carbocycles. The normalized spacial score (nSPS) is 22.2. The third-order valence-corrected chi connectivity index (χ3v) is 2.47. The molecule has 0 aromatic heterocycles. The summed E-state index contributed by atoms with van der Waals surface area (Å²) in [7, 11) is 0. The van der Waals surface area contributed by atoms with Crippen LogP contribution >= 0.6 is 0 Å². The highest BCUT2D eigenvalue weighted by Gasteiger charge is 2.25. The van der Waals surface area contributed by atoms with Crippen LogP contribution in [0.2, 0.25) is 0 Å². The fraction of sp³-hybridized carbons (Fsp3) is 0.545. The summed E-state index contributed by atoms with van der Waals surface area (Å²) in [6.45, 7) is 1.68. The first-order valence-corrected chi connectivity index (χ1v) is 5.44. The predicted molar refractivity (Wildman–Crippen MR) is 60.1 cm³/mol. The molecule has 0 heterocycles. The molecule has 2 unspecified atom stereocenters. The Morgan fingerprint density at radius 1 is 1.35 bits per heavy atom. The molecule has 0 aromatic carbocycles. The van der Waals surface area contributed by atoms with E-state index in [4.69, 9.17) is 5.11 Å². The van der Waals surface area contributed by atoms with Crippen LogP contribution in [-0.4, -0.2) is 35.5 Å². The summed E-state index contributed by atoms with van der Waals surface area (Å²) in [4.78, 5) is 32.7. The van der Waals surface area contributed by atoms with Crippen molar-refractivity contribution in [3.8, 4) is 0 Å². The lowest BCUT2D eigenvalue weighted by Crippen LogP contribution is -2.35. The minimum Gasteiger partial charge on any atom is -0.481 e. The third kappa shape index (κ3) is 4.67. The molecular weight excluding hydrogens is 224 g/mol. The summed E-state index contributed by atoms with van der Waals surface area (Å²) < 4.78 is 0. The van der Waals surface area contributed by atoms with Gasteiger partial charge in [-0.15, -0.1) is 0 Å². The van der Waals surface area contributed by atoms with Gasteiger partial charge in [0.1, 0.15) is 0 Å². The Balaban J connectivity index is 2.22. The Labute approximate surface area is 99.1 Å². The van der Waals surface area contributed by atoms with E-state index in [1.807, 2.05) is 0 Å². The van der Waals surface area contributed by atoms with Gasteiger partial charge in [-0.05, 0) is 6.42 Å². The fourth-order valence-electron chi connectivity index (χ4n) is 1.62. The van der Waals surface area contributed by atoms with E-state index in [0.717, 1.165) is 0 Å². The van der Waals surface area contributed by atoms with Gasteiger partial charge in [0.05, 0.1) is 5.92 Å². The van der Waals surface area contributed by atoms with Crippen LogP contribution in [0.25, 0.3) is 0 Å². The van der Waals surface area contributed by atoms with E-state index >= 15 is 0 Å². The number of nitrogens with one attached hydrogen (secondary N) is 2. The van der Waals surface area contributed by atoms with Crippen LogP contribution in [0.15, 0.2) is 12.2 Å². The first-order chi connectivity index (χ1) is 7.99. The van der Waals surface area contributed by atoms with Crippen molar-refractivity contribution < 1.29 is 19.5 Å². The molecule has 6 heteroatoms. The maximum Gasteiger partial charge on any atom is 0.310 e. The van der Waals surface area contributed by atoms with Crippen LogP contribution in [0, 0.1) is 5.92 Å². The molecule has 94 valence electrons. The number of rotatable bonds is 5. The van der Waals surface area contributed by atoms with Crippen molar-refractivity contribution >= 4 is 17.8 Å². The van der Waals surface area contributed by atoms with Gasteiger partial charge >= 0.3 is 5.97 Å². The minimum atomic E-state index is -0.878. The van der Waals surface area contributed by atoms with Crippen LogP contribution < -0.4 is 10.6 Å². The molecule has 0 bridgehead atoms. The summed E-state index contributed by atoms with van der Waals surface area (Å²) in [6, 6.07) is -0.221. The number of hydrogen-bond acceptors (Lipinski definition) is 3. The van der Waals surface area contributed by atoms with Crippen molar-refractivity contribution in [3.05, 3.63) is 12.2 Å². The number of hydrogen-bond donors (Lipinski definition) is 3. The van der Waals surface area contributed by atoms with E-state index in [2.05, 4.69) is 10.6 Å². The largest absolute Gasteiger partial charge is 0.481 e. The number of carbonyl (C=O) groups is 3. The highest BCUT2D eigenvalue weighted by atomic mass is 16.4. The highest BCUT2D eigenvalue weighted by molar-refractivity contribution is 5.79. The zero-order valence-electron chi connectivity index (χ0n) is 9.60. The second kappa shape index (κ2) is 6.03. The maximum absolute atomic E-state index is 11.4. The number of amides is 2. The summed E-state index contributed by atoms with van der Waals surface area (Å²) in [5.74, 6) is -1.77. The highest BCUT2D eigenvalue weighted by Crippen LogP contribution is 2.17. The molecule has 2 atom stereocenters. The van der Waals surface area contributed by atoms with Gasteiger partial charge in [0.15, 0.2) is 0 Å². The standard InChI is InChI=1S/C11H16N2O4/c1-7(14)12-5-4-10(15)13-9-3-2-8(6-9)11(16)17/h2-3,8-9H,4-6H2,1H3,(H,12,14)(H,13,15)(H,16,17). The van der Waals surface area contributed by atoms with Crippen molar-refractivity contribution in [2.45, 2.75) is 25.8 Å². The van der Waals surface area contributed by atoms with E-state index in [9.17, 15) is 14.4 Å². The molecular formula is C11H16N2O4. The molecule has 1 rings (SSSR count). The van der Waals surface area contributed by atoms with E-state index in [1.54, 1.807) is 12.2 Å². The molecule has 0 spiro atoms. The Bertz CT molecular complexity index is 351. The average Bonchev–Trinajstić information content (AvgIpc) is 2.65. The van der Waals surface area contributed by atoms with Crippen LogP contribution in [0.3, 0.4) is 0 Å². The molecule has 2 amide bonds. The molecule has 17 heavy (non-hydrogen) atoms. The lowest BCUT2D eigenvalue weighted by molar-refractivity contribution is -0.140. The first kappa shape index (κ1) is 13.2. The average molecular weight is 240 g/mol. The van der Waals surface area contributed by atoms with Crippen LogP contribution in [0.4, 0.5) is 0 Å². The Morgan fingerprint density at radius 3 is 2.59 bits per heavy atom. The molecule has 0 aromatic rings. The zero-order valence-corrected chi connectivity index (χ0v) is 9.60. The van der Waals surface area contributed by atoms with Gasteiger partial charge in [0.25, 0.3) is 0 Å². The Morgan fingerprint density at radius 2 is 2.06 bits per heavy atom. The number of carboxylic acid groups (broad SMARTS) is 1. The van der Waals surface area contributed by atoms with Gasteiger partial charge in [-0.1, -0.05) is 12.2 Å². The second-order valence-electron chi connectivity index (χ2n) is 3.97. The van der Waals surface area contributed by atoms with E-state index in [1.165, 1.54) is 6.92 Å². The van der Waals surface area contributed by atoms with Gasteiger partial charge in [-0.2, -0.15) is 0 Å². The number of carbonyl (C=O) groups excluding carboxylic acids is 2. The number of carboxylic acids is 1. The van der Waals surface area contributed by atoms with E-state index in [0.29, 0.717) is 13.0 Å². The molecule has 0 aliphatic heterocycles. The molecule has 0 fully saturated rings. The Hall–Kier alpha value is -1.85. The molecule has 6 nitrogen and oxygen atoms in total. The van der Waals surface area contributed by atoms with Crippen molar-refractivity contribution in [2.24, 2.45) is 5.92 Å². The zero-order chi connectivity index (χ0) is 12.8. The van der Waals surface area contributed by atoms with Crippen LogP contribution in [0.5, 0.6) is 0 Å². The van der Waals surface area contributed by atoms with E-state index in [-0.39, 0.29) is 24.3 Å². The van der Waals surface area contributed by atoms with Crippen molar-refractivity contribution in [2.75, 3.05) is 6.54 Å². The predicted octanol–water partition coefficient (Wildman–Crippen LogP) is -0.342. The lowest BCUT2D eigenvalue weighted by atomic mass is 10.1. The van der Waals surface area contributed by atoms with Crippen LogP contribution in [-0.2, 0) is 14.4 Å². The third-order valence-electron chi connectivity index (χ3n) is 2.47. The molecule has 1 aliphatic rings. The van der Waals surface area contributed by atoms with Crippen molar-refractivity contribution in [1.29, 1.82) is 0 Å².